The lowest BCUT2D eigenvalue weighted by atomic mass is 10.1. The Hall–Kier alpha value is -3.32. The molecule has 0 saturated heterocycles. The number of carbonyl (C=O) groups is 1. The first-order chi connectivity index (χ1) is 15.0. The van der Waals surface area contributed by atoms with E-state index < -0.39 is 0 Å². The van der Waals surface area contributed by atoms with Gasteiger partial charge in [0.25, 0.3) is 0 Å². The summed E-state index contributed by atoms with van der Waals surface area (Å²) in [6.45, 7) is 2.28. The quantitative estimate of drug-likeness (QED) is 0.509. The van der Waals surface area contributed by atoms with E-state index in [2.05, 4.69) is 34.9 Å². The van der Waals surface area contributed by atoms with Crippen molar-refractivity contribution in [2.75, 3.05) is 41.4 Å². The van der Waals surface area contributed by atoms with Gasteiger partial charge in [-0.2, -0.15) is 0 Å². The minimum Gasteiger partial charge on any atom is -0.497 e. The van der Waals surface area contributed by atoms with Gasteiger partial charge in [-0.15, -0.1) is 0 Å². The Balaban J connectivity index is 1.64. The Labute approximate surface area is 183 Å². The fraction of sp³-hybridized carbons (Fsp3) is 0.333. The highest BCUT2D eigenvalue weighted by Gasteiger charge is 2.11. The second kappa shape index (κ2) is 10.6. The van der Waals surface area contributed by atoms with Gasteiger partial charge < -0.3 is 24.3 Å². The van der Waals surface area contributed by atoms with E-state index in [9.17, 15) is 4.79 Å². The van der Waals surface area contributed by atoms with Crippen LogP contribution in [-0.4, -0.2) is 61.8 Å². The molecule has 164 valence electrons. The van der Waals surface area contributed by atoms with Crippen molar-refractivity contribution in [3.63, 3.8) is 0 Å². The number of aromatic nitrogens is 2. The number of hydrogen-bond acceptors (Lipinski definition) is 5. The first-order valence-electron chi connectivity index (χ1n) is 10.3. The third kappa shape index (κ3) is 5.86. The smallest absolute Gasteiger partial charge is 0.244 e. The largest absolute Gasteiger partial charge is 0.497 e. The predicted molar refractivity (Wildman–Crippen MR) is 124 cm³/mol. The molecule has 0 fully saturated rings. The van der Waals surface area contributed by atoms with Crippen molar-refractivity contribution < 1.29 is 14.3 Å². The van der Waals surface area contributed by atoms with Crippen LogP contribution in [-0.2, 0) is 17.8 Å². The fourth-order valence-electron chi connectivity index (χ4n) is 3.36. The molecule has 1 N–H and O–H groups in total. The van der Waals surface area contributed by atoms with Gasteiger partial charge in [-0.25, -0.2) is 4.98 Å². The van der Waals surface area contributed by atoms with E-state index in [1.54, 1.807) is 20.3 Å². The molecule has 31 heavy (non-hydrogen) atoms. The lowest BCUT2D eigenvalue weighted by Gasteiger charge is -2.13. The fourth-order valence-corrected chi connectivity index (χ4v) is 3.36. The summed E-state index contributed by atoms with van der Waals surface area (Å²) in [6.07, 6.45) is 3.89. The number of para-hydroxylation sites is 2. The first-order valence-corrected chi connectivity index (χ1v) is 10.3. The van der Waals surface area contributed by atoms with Crippen molar-refractivity contribution in [2.24, 2.45) is 0 Å². The number of carbonyl (C=O) groups excluding carboxylic acids is 1. The summed E-state index contributed by atoms with van der Waals surface area (Å²) in [5, 5.41) is 2.94. The Kier molecular flexibility index (Phi) is 7.67. The number of likely N-dealkylation sites (N-methyl/N-ethyl adjacent to an activating group) is 1. The van der Waals surface area contributed by atoms with Crippen molar-refractivity contribution in [2.45, 2.75) is 13.0 Å². The van der Waals surface area contributed by atoms with E-state index in [1.807, 2.05) is 36.4 Å². The maximum Gasteiger partial charge on any atom is 0.244 e. The zero-order chi connectivity index (χ0) is 22.2. The number of imidazole rings is 1. The van der Waals surface area contributed by atoms with Gasteiger partial charge in [0.2, 0.25) is 5.91 Å². The molecule has 0 spiro atoms. The van der Waals surface area contributed by atoms with Crippen molar-refractivity contribution >= 4 is 23.0 Å². The van der Waals surface area contributed by atoms with Crippen LogP contribution in [0.15, 0.2) is 48.5 Å². The highest BCUT2D eigenvalue weighted by molar-refractivity contribution is 5.92. The molecule has 0 aliphatic rings. The first kappa shape index (κ1) is 22.4. The molecule has 1 heterocycles. The topological polar surface area (TPSA) is 68.6 Å². The zero-order valence-electron chi connectivity index (χ0n) is 18.6. The summed E-state index contributed by atoms with van der Waals surface area (Å²) in [7, 11) is 7.32. The van der Waals surface area contributed by atoms with E-state index in [0.717, 1.165) is 35.5 Å². The number of rotatable bonds is 10. The van der Waals surface area contributed by atoms with Crippen molar-refractivity contribution in [1.82, 2.24) is 19.8 Å². The summed E-state index contributed by atoms with van der Waals surface area (Å²) in [4.78, 5) is 19.2. The lowest BCUT2D eigenvalue weighted by Crippen LogP contribution is -2.25. The summed E-state index contributed by atoms with van der Waals surface area (Å²) in [5.74, 6) is 2.19. The Bertz CT molecular complexity index is 1060. The number of nitrogens with zero attached hydrogens (tertiary/aromatic N) is 3. The van der Waals surface area contributed by atoms with Crippen LogP contribution < -0.4 is 14.8 Å². The molecule has 0 aliphatic carbocycles. The van der Waals surface area contributed by atoms with Gasteiger partial charge >= 0.3 is 0 Å². The molecular formula is C24H30N4O3. The summed E-state index contributed by atoms with van der Waals surface area (Å²) >= 11 is 0. The van der Waals surface area contributed by atoms with E-state index in [0.29, 0.717) is 24.5 Å². The lowest BCUT2D eigenvalue weighted by molar-refractivity contribution is -0.116. The van der Waals surface area contributed by atoms with Crippen molar-refractivity contribution in [1.29, 1.82) is 0 Å². The molecule has 0 saturated carbocycles. The van der Waals surface area contributed by atoms with Gasteiger partial charge in [0, 0.05) is 37.7 Å². The van der Waals surface area contributed by atoms with Gasteiger partial charge in [0.1, 0.15) is 17.3 Å². The van der Waals surface area contributed by atoms with Crippen molar-refractivity contribution in [3.05, 3.63) is 59.9 Å². The Morgan fingerprint density at radius 2 is 1.97 bits per heavy atom. The normalized spacial score (nSPS) is 11.4. The third-order valence-corrected chi connectivity index (χ3v) is 5.00. The van der Waals surface area contributed by atoms with E-state index in [4.69, 9.17) is 14.5 Å². The van der Waals surface area contributed by atoms with Crippen LogP contribution in [0, 0.1) is 0 Å². The van der Waals surface area contributed by atoms with Gasteiger partial charge in [-0.3, -0.25) is 4.79 Å². The van der Waals surface area contributed by atoms with Gasteiger partial charge in [-0.05, 0) is 50.5 Å². The highest BCUT2D eigenvalue weighted by atomic mass is 16.5. The van der Waals surface area contributed by atoms with E-state index in [1.165, 1.54) is 6.08 Å². The number of nitrogens with one attached hydrogen (secondary N) is 1. The minimum absolute atomic E-state index is 0.166. The molecule has 1 aromatic heterocycles. The van der Waals surface area contributed by atoms with Crippen LogP contribution in [0.25, 0.3) is 17.1 Å². The third-order valence-electron chi connectivity index (χ3n) is 5.00. The summed E-state index contributed by atoms with van der Waals surface area (Å²) < 4.78 is 12.8. The average Bonchev–Trinajstić information content (AvgIpc) is 3.13. The monoisotopic (exact) mass is 422 g/mol. The summed E-state index contributed by atoms with van der Waals surface area (Å²) in [5.41, 5.74) is 2.88. The van der Waals surface area contributed by atoms with Gasteiger partial charge in [0.05, 0.1) is 25.3 Å². The molecule has 0 unspecified atom stereocenters. The number of hydrogen-bond donors (Lipinski definition) is 1. The molecule has 3 rings (SSSR count). The molecule has 7 heteroatoms. The molecule has 1 amide bonds. The molecule has 0 radical (unpaired) electrons. The molecule has 2 aromatic carbocycles. The van der Waals surface area contributed by atoms with Crippen LogP contribution in [0.2, 0.25) is 0 Å². The number of methoxy groups -OCH3 is 2. The number of ether oxygens (including phenoxy) is 2. The number of benzene rings is 2. The van der Waals surface area contributed by atoms with Crippen LogP contribution in [0.1, 0.15) is 11.4 Å². The molecular weight excluding hydrogens is 392 g/mol. The van der Waals surface area contributed by atoms with Crippen LogP contribution in [0.5, 0.6) is 11.5 Å². The summed E-state index contributed by atoms with van der Waals surface area (Å²) in [6, 6.07) is 13.6. The molecule has 0 atom stereocenters. The standard InChI is InChI=1S/C24H30N4O3/c1-27(2)15-16-28-21-8-6-5-7-20(21)26-23(28)13-14-25-24(29)12-9-18-17-19(30-3)10-11-22(18)31-4/h5-12,17H,13-16H2,1-4H3,(H,25,29)/b12-9+. The Morgan fingerprint density at radius 3 is 2.71 bits per heavy atom. The van der Waals surface area contributed by atoms with Crippen molar-refractivity contribution in [3.8, 4) is 11.5 Å². The second-order valence-electron chi connectivity index (χ2n) is 7.45. The van der Waals surface area contributed by atoms with Crippen LogP contribution >= 0.6 is 0 Å². The Morgan fingerprint density at radius 1 is 1.16 bits per heavy atom. The molecule has 7 nitrogen and oxygen atoms in total. The minimum atomic E-state index is -0.166. The maximum absolute atomic E-state index is 12.3. The predicted octanol–water partition coefficient (Wildman–Crippen LogP) is 2.99. The van der Waals surface area contributed by atoms with E-state index in [-0.39, 0.29) is 5.91 Å². The zero-order valence-corrected chi connectivity index (χ0v) is 18.6. The molecule has 0 aliphatic heterocycles. The SMILES string of the molecule is COc1ccc(OC)c(/C=C/C(=O)NCCc2nc3ccccc3n2CCN(C)C)c1. The maximum atomic E-state index is 12.3. The average molecular weight is 423 g/mol. The number of amides is 1. The molecule has 0 bridgehead atoms. The number of fused-ring (bicyclic) bond motifs is 1. The van der Waals surface area contributed by atoms with Gasteiger partial charge in [0.15, 0.2) is 0 Å². The van der Waals surface area contributed by atoms with Crippen LogP contribution in [0.4, 0.5) is 0 Å². The molecule has 3 aromatic rings. The second-order valence-corrected chi connectivity index (χ2v) is 7.45. The van der Waals surface area contributed by atoms with Gasteiger partial charge in [-0.1, -0.05) is 12.1 Å². The van der Waals surface area contributed by atoms with E-state index >= 15 is 0 Å². The van der Waals surface area contributed by atoms with Crippen LogP contribution in [0.3, 0.4) is 0 Å². The highest BCUT2D eigenvalue weighted by Crippen LogP contribution is 2.25.